The van der Waals surface area contributed by atoms with Crippen LogP contribution in [0.5, 0.6) is 0 Å². The van der Waals surface area contributed by atoms with Crippen LogP contribution in [0.4, 0.5) is 0 Å². The van der Waals surface area contributed by atoms with Gasteiger partial charge in [-0.15, -0.1) is 0 Å². The van der Waals surface area contributed by atoms with Crippen molar-refractivity contribution in [3.63, 3.8) is 0 Å². The first kappa shape index (κ1) is 12.3. The lowest BCUT2D eigenvalue weighted by atomic mass is 10.1. The summed E-state index contributed by atoms with van der Waals surface area (Å²) in [6.45, 7) is 0.784. The van der Waals surface area contributed by atoms with Gasteiger partial charge in [0.05, 0.1) is 18.8 Å². The zero-order chi connectivity index (χ0) is 12.8. The third-order valence-electron chi connectivity index (χ3n) is 2.62. The topological polar surface area (TPSA) is 46.5 Å². The lowest BCUT2D eigenvalue weighted by Crippen LogP contribution is -2.04. The smallest absolute Gasteiger partial charge is 0.336 e. The van der Waals surface area contributed by atoms with E-state index in [9.17, 15) is 4.79 Å². The highest BCUT2D eigenvalue weighted by atomic mass is 16.5. The number of benzene rings is 2. The van der Waals surface area contributed by atoms with Crippen LogP contribution in [0.1, 0.15) is 21.5 Å². The molecule has 0 saturated heterocycles. The number of rotatable bonds is 5. The van der Waals surface area contributed by atoms with E-state index in [4.69, 9.17) is 9.84 Å². The molecule has 0 aliphatic rings. The SMILES string of the molecule is O=C(O)c1ccccc1COCc1ccccc1. The summed E-state index contributed by atoms with van der Waals surface area (Å²) < 4.78 is 5.53. The molecule has 0 radical (unpaired) electrons. The third-order valence-corrected chi connectivity index (χ3v) is 2.62. The average molecular weight is 242 g/mol. The minimum Gasteiger partial charge on any atom is -0.478 e. The first-order valence-corrected chi connectivity index (χ1v) is 5.70. The van der Waals surface area contributed by atoms with Gasteiger partial charge in [-0.2, -0.15) is 0 Å². The molecule has 0 aliphatic heterocycles. The van der Waals surface area contributed by atoms with Crippen molar-refractivity contribution in [2.75, 3.05) is 0 Å². The molecular weight excluding hydrogens is 228 g/mol. The molecule has 0 atom stereocenters. The minimum atomic E-state index is -0.922. The van der Waals surface area contributed by atoms with Gasteiger partial charge in [-0.25, -0.2) is 4.79 Å². The second-order valence-corrected chi connectivity index (χ2v) is 3.94. The summed E-state index contributed by atoms with van der Waals surface area (Å²) in [6, 6.07) is 16.7. The lowest BCUT2D eigenvalue weighted by Gasteiger charge is -2.07. The monoisotopic (exact) mass is 242 g/mol. The highest BCUT2D eigenvalue weighted by molar-refractivity contribution is 5.89. The van der Waals surface area contributed by atoms with Crippen molar-refractivity contribution in [3.8, 4) is 0 Å². The number of hydrogen-bond donors (Lipinski definition) is 1. The van der Waals surface area contributed by atoms with E-state index >= 15 is 0 Å². The van der Waals surface area contributed by atoms with Crippen molar-refractivity contribution in [2.45, 2.75) is 13.2 Å². The Kier molecular flexibility index (Phi) is 4.10. The second-order valence-electron chi connectivity index (χ2n) is 3.94. The molecule has 0 aromatic heterocycles. The fourth-order valence-electron chi connectivity index (χ4n) is 1.71. The second kappa shape index (κ2) is 5.98. The Labute approximate surface area is 106 Å². The molecule has 2 aromatic carbocycles. The van der Waals surface area contributed by atoms with Crippen molar-refractivity contribution >= 4 is 5.97 Å². The molecule has 0 unspecified atom stereocenters. The summed E-state index contributed by atoms with van der Waals surface area (Å²) in [4.78, 5) is 11.0. The summed E-state index contributed by atoms with van der Waals surface area (Å²) in [5.41, 5.74) is 2.07. The highest BCUT2D eigenvalue weighted by Crippen LogP contribution is 2.11. The standard InChI is InChI=1S/C15H14O3/c16-15(17)14-9-5-4-8-13(14)11-18-10-12-6-2-1-3-7-12/h1-9H,10-11H2,(H,16,17). The predicted octanol–water partition coefficient (Wildman–Crippen LogP) is 3.10. The number of carboxylic acid groups (broad SMARTS) is 1. The molecule has 3 nitrogen and oxygen atoms in total. The summed E-state index contributed by atoms with van der Waals surface area (Å²) in [6.07, 6.45) is 0. The molecule has 3 heteroatoms. The summed E-state index contributed by atoms with van der Waals surface area (Å²) in [7, 11) is 0. The number of carbonyl (C=O) groups is 1. The molecule has 0 bridgehead atoms. The number of carboxylic acids is 1. The molecule has 2 aromatic rings. The van der Waals surface area contributed by atoms with Crippen LogP contribution in [0.15, 0.2) is 54.6 Å². The fourth-order valence-corrected chi connectivity index (χ4v) is 1.71. The molecule has 18 heavy (non-hydrogen) atoms. The number of hydrogen-bond acceptors (Lipinski definition) is 2. The Morgan fingerprint density at radius 1 is 0.944 bits per heavy atom. The van der Waals surface area contributed by atoms with E-state index in [1.54, 1.807) is 18.2 Å². The normalized spacial score (nSPS) is 10.2. The first-order valence-electron chi connectivity index (χ1n) is 5.70. The maximum atomic E-state index is 11.0. The molecule has 2 rings (SSSR count). The van der Waals surface area contributed by atoms with E-state index in [2.05, 4.69) is 0 Å². The maximum Gasteiger partial charge on any atom is 0.336 e. The summed E-state index contributed by atoms with van der Waals surface area (Å²) in [5, 5.41) is 9.03. The molecule has 92 valence electrons. The maximum absolute atomic E-state index is 11.0. The van der Waals surface area contributed by atoms with Gasteiger partial charge in [-0.3, -0.25) is 0 Å². The van der Waals surface area contributed by atoms with Crippen LogP contribution < -0.4 is 0 Å². The minimum absolute atomic E-state index is 0.297. The Morgan fingerprint density at radius 2 is 1.61 bits per heavy atom. The molecule has 0 fully saturated rings. The van der Waals surface area contributed by atoms with Crippen LogP contribution in [0.3, 0.4) is 0 Å². The van der Waals surface area contributed by atoms with Gasteiger partial charge in [0, 0.05) is 0 Å². The van der Waals surface area contributed by atoms with E-state index in [-0.39, 0.29) is 0 Å². The van der Waals surface area contributed by atoms with E-state index in [0.717, 1.165) is 5.56 Å². The molecule has 0 heterocycles. The zero-order valence-corrected chi connectivity index (χ0v) is 9.87. The van der Waals surface area contributed by atoms with Gasteiger partial charge in [0.2, 0.25) is 0 Å². The Balaban J connectivity index is 1.97. The number of aromatic carboxylic acids is 1. The van der Waals surface area contributed by atoms with E-state index in [1.807, 2.05) is 36.4 Å². The van der Waals surface area contributed by atoms with Gasteiger partial charge < -0.3 is 9.84 Å². The van der Waals surface area contributed by atoms with Crippen molar-refractivity contribution in [1.82, 2.24) is 0 Å². The van der Waals surface area contributed by atoms with Gasteiger partial charge in [0.1, 0.15) is 0 Å². The average Bonchev–Trinajstić information content (AvgIpc) is 2.40. The summed E-state index contributed by atoms with van der Waals surface area (Å²) >= 11 is 0. The molecule has 0 saturated carbocycles. The Morgan fingerprint density at radius 3 is 2.33 bits per heavy atom. The molecule has 0 spiro atoms. The zero-order valence-electron chi connectivity index (χ0n) is 9.87. The van der Waals surface area contributed by atoms with E-state index in [0.29, 0.717) is 24.3 Å². The van der Waals surface area contributed by atoms with Gasteiger partial charge >= 0.3 is 5.97 Å². The third kappa shape index (κ3) is 3.18. The van der Waals surface area contributed by atoms with E-state index < -0.39 is 5.97 Å². The van der Waals surface area contributed by atoms with Crippen LogP contribution in [-0.2, 0) is 18.0 Å². The largest absolute Gasteiger partial charge is 0.478 e. The van der Waals surface area contributed by atoms with Gasteiger partial charge in [-0.05, 0) is 17.2 Å². The predicted molar refractivity (Wildman–Crippen MR) is 68.3 cm³/mol. The van der Waals surface area contributed by atoms with Gasteiger partial charge in [0.25, 0.3) is 0 Å². The molecular formula is C15H14O3. The molecule has 1 N–H and O–H groups in total. The molecule has 0 amide bonds. The lowest BCUT2D eigenvalue weighted by molar-refractivity contribution is 0.0684. The van der Waals surface area contributed by atoms with Gasteiger partial charge in [-0.1, -0.05) is 48.5 Å². The van der Waals surface area contributed by atoms with Crippen molar-refractivity contribution < 1.29 is 14.6 Å². The Bertz CT molecular complexity index is 520. The van der Waals surface area contributed by atoms with Crippen LogP contribution in [0.25, 0.3) is 0 Å². The van der Waals surface area contributed by atoms with E-state index in [1.165, 1.54) is 0 Å². The van der Waals surface area contributed by atoms with Crippen LogP contribution in [0.2, 0.25) is 0 Å². The highest BCUT2D eigenvalue weighted by Gasteiger charge is 2.08. The quantitative estimate of drug-likeness (QED) is 0.876. The summed E-state index contributed by atoms with van der Waals surface area (Å²) in [5.74, 6) is -0.922. The van der Waals surface area contributed by atoms with Crippen LogP contribution in [0, 0.1) is 0 Å². The van der Waals surface area contributed by atoms with Crippen LogP contribution in [-0.4, -0.2) is 11.1 Å². The van der Waals surface area contributed by atoms with Crippen molar-refractivity contribution in [2.24, 2.45) is 0 Å². The molecule has 0 aliphatic carbocycles. The van der Waals surface area contributed by atoms with Crippen LogP contribution >= 0.6 is 0 Å². The van der Waals surface area contributed by atoms with Crippen molar-refractivity contribution in [3.05, 3.63) is 71.3 Å². The first-order chi connectivity index (χ1) is 8.77. The fraction of sp³-hybridized carbons (Fsp3) is 0.133. The number of ether oxygens (including phenoxy) is 1. The van der Waals surface area contributed by atoms with Gasteiger partial charge in [0.15, 0.2) is 0 Å². The Hall–Kier alpha value is -2.13. The van der Waals surface area contributed by atoms with Crippen molar-refractivity contribution in [1.29, 1.82) is 0 Å².